The van der Waals surface area contributed by atoms with Crippen LogP contribution in [0.4, 0.5) is 0 Å². The molecule has 0 spiro atoms. The molecule has 1 aliphatic carbocycles. The van der Waals surface area contributed by atoms with Crippen LogP contribution in [0.1, 0.15) is 58.8 Å². The molecule has 1 saturated carbocycles. The summed E-state index contributed by atoms with van der Waals surface area (Å²) in [6.07, 6.45) is 9.86. The first-order chi connectivity index (χ1) is 8.33. The minimum atomic E-state index is 0.759. The van der Waals surface area contributed by atoms with Crippen molar-refractivity contribution in [2.45, 2.75) is 70.9 Å². The number of nitrogens with one attached hydrogen (secondary N) is 1. The van der Waals surface area contributed by atoms with Gasteiger partial charge in [0, 0.05) is 25.2 Å². The Morgan fingerprint density at radius 1 is 1.12 bits per heavy atom. The maximum absolute atomic E-state index is 3.75. The summed E-state index contributed by atoms with van der Waals surface area (Å²) in [6.45, 7) is 8.49. The van der Waals surface area contributed by atoms with Crippen LogP contribution >= 0.6 is 0 Å². The molecule has 2 heteroatoms. The third-order valence-electron chi connectivity index (χ3n) is 4.67. The highest BCUT2D eigenvalue weighted by Gasteiger charge is 2.31. The average Bonchev–Trinajstić information content (AvgIpc) is 2.89. The van der Waals surface area contributed by atoms with Crippen molar-refractivity contribution < 1.29 is 0 Å². The molecule has 0 aromatic heterocycles. The lowest BCUT2D eigenvalue weighted by atomic mass is 9.90. The lowest BCUT2D eigenvalue weighted by Gasteiger charge is -2.41. The Kier molecular flexibility index (Phi) is 5.30. The van der Waals surface area contributed by atoms with Crippen molar-refractivity contribution in [1.82, 2.24) is 10.2 Å². The van der Waals surface area contributed by atoms with E-state index < -0.39 is 0 Å². The molecular formula is C15H30N2. The highest BCUT2D eigenvalue weighted by atomic mass is 15.2. The molecule has 0 radical (unpaired) electrons. The fraction of sp³-hybridized carbons (Fsp3) is 1.00. The number of likely N-dealkylation sites (tertiary alicyclic amines) is 1. The van der Waals surface area contributed by atoms with E-state index >= 15 is 0 Å². The van der Waals surface area contributed by atoms with Crippen LogP contribution in [0.25, 0.3) is 0 Å². The molecule has 2 unspecified atom stereocenters. The fourth-order valence-electron chi connectivity index (χ4n) is 3.60. The van der Waals surface area contributed by atoms with Crippen LogP contribution in [0.2, 0.25) is 0 Å². The van der Waals surface area contributed by atoms with Gasteiger partial charge < -0.3 is 5.32 Å². The Balaban J connectivity index is 1.87. The smallest absolute Gasteiger partial charge is 0.0198 e. The SMILES string of the molecule is CCCNC1CC(CC)CN(C2CCCC2)C1. The predicted molar refractivity (Wildman–Crippen MR) is 74.3 cm³/mol. The first-order valence-electron chi connectivity index (χ1n) is 7.80. The van der Waals surface area contributed by atoms with Gasteiger partial charge in [-0.15, -0.1) is 0 Å². The van der Waals surface area contributed by atoms with Gasteiger partial charge in [0.1, 0.15) is 0 Å². The van der Waals surface area contributed by atoms with Crippen molar-refractivity contribution in [3.05, 3.63) is 0 Å². The van der Waals surface area contributed by atoms with Gasteiger partial charge in [-0.1, -0.05) is 33.1 Å². The van der Waals surface area contributed by atoms with Gasteiger partial charge in [0.25, 0.3) is 0 Å². The number of rotatable bonds is 5. The summed E-state index contributed by atoms with van der Waals surface area (Å²) in [6, 6.07) is 1.67. The zero-order valence-corrected chi connectivity index (χ0v) is 11.8. The maximum Gasteiger partial charge on any atom is 0.0198 e. The van der Waals surface area contributed by atoms with E-state index in [4.69, 9.17) is 0 Å². The maximum atomic E-state index is 3.75. The lowest BCUT2D eigenvalue weighted by Crippen LogP contribution is -2.52. The third kappa shape index (κ3) is 3.69. The van der Waals surface area contributed by atoms with Crippen LogP contribution in [-0.4, -0.2) is 36.6 Å². The Labute approximate surface area is 107 Å². The summed E-state index contributed by atoms with van der Waals surface area (Å²) in [5, 5.41) is 3.75. The molecule has 17 heavy (non-hydrogen) atoms. The van der Waals surface area contributed by atoms with Crippen molar-refractivity contribution in [2.75, 3.05) is 19.6 Å². The monoisotopic (exact) mass is 238 g/mol. The van der Waals surface area contributed by atoms with Crippen molar-refractivity contribution in [3.63, 3.8) is 0 Å². The largest absolute Gasteiger partial charge is 0.313 e. The summed E-state index contributed by atoms with van der Waals surface area (Å²) in [4.78, 5) is 2.80. The highest BCUT2D eigenvalue weighted by molar-refractivity contribution is 4.88. The van der Waals surface area contributed by atoms with E-state index in [2.05, 4.69) is 24.1 Å². The van der Waals surface area contributed by atoms with Crippen LogP contribution in [0.15, 0.2) is 0 Å². The minimum Gasteiger partial charge on any atom is -0.313 e. The second-order valence-corrected chi connectivity index (χ2v) is 6.05. The molecule has 2 fully saturated rings. The van der Waals surface area contributed by atoms with Gasteiger partial charge in [0.05, 0.1) is 0 Å². The molecular weight excluding hydrogens is 208 g/mol. The van der Waals surface area contributed by atoms with Gasteiger partial charge in [0.2, 0.25) is 0 Å². The second-order valence-electron chi connectivity index (χ2n) is 6.05. The van der Waals surface area contributed by atoms with E-state index in [1.54, 1.807) is 0 Å². The molecule has 0 bridgehead atoms. The quantitative estimate of drug-likeness (QED) is 0.792. The summed E-state index contributed by atoms with van der Waals surface area (Å²) in [5.41, 5.74) is 0. The number of hydrogen-bond acceptors (Lipinski definition) is 2. The second kappa shape index (κ2) is 6.75. The average molecular weight is 238 g/mol. The Hall–Kier alpha value is -0.0800. The van der Waals surface area contributed by atoms with E-state index in [0.29, 0.717) is 0 Å². The fourth-order valence-corrected chi connectivity index (χ4v) is 3.60. The van der Waals surface area contributed by atoms with Crippen LogP contribution in [0.3, 0.4) is 0 Å². The highest BCUT2D eigenvalue weighted by Crippen LogP contribution is 2.29. The molecule has 2 atom stereocenters. The molecule has 0 amide bonds. The van der Waals surface area contributed by atoms with Crippen molar-refractivity contribution >= 4 is 0 Å². The van der Waals surface area contributed by atoms with Crippen LogP contribution in [0, 0.1) is 5.92 Å². The molecule has 1 saturated heterocycles. The van der Waals surface area contributed by atoms with Gasteiger partial charge in [0.15, 0.2) is 0 Å². The summed E-state index contributed by atoms with van der Waals surface area (Å²) >= 11 is 0. The van der Waals surface area contributed by atoms with Gasteiger partial charge >= 0.3 is 0 Å². The summed E-state index contributed by atoms with van der Waals surface area (Å²) in [7, 11) is 0. The Morgan fingerprint density at radius 2 is 1.88 bits per heavy atom. The van der Waals surface area contributed by atoms with Gasteiger partial charge in [-0.3, -0.25) is 4.90 Å². The molecule has 100 valence electrons. The Morgan fingerprint density at radius 3 is 2.53 bits per heavy atom. The molecule has 1 aliphatic heterocycles. The third-order valence-corrected chi connectivity index (χ3v) is 4.67. The molecule has 2 aliphatic rings. The molecule has 1 N–H and O–H groups in total. The number of hydrogen-bond donors (Lipinski definition) is 1. The summed E-state index contributed by atoms with van der Waals surface area (Å²) < 4.78 is 0. The number of nitrogens with zero attached hydrogens (tertiary/aromatic N) is 1. The van der Waals surface area contributed by atoms with Gasteiger partial charge in [-0.05, 0) is 38.1 Å². The van der Waals surface area contributed by atoms with Crippen LogP contribution in [0.5, 0.6) is 0 Å². The zero-order valence-electron chi connectivity index (χ0n) is 11.8. The van der Waals surface area contributed by atoms with Crippen molar-refractivity contribution in [2.24, 2.45) is 5.92 Å². The zero-order chi connectivity index (χ0) is 12.1. The van der Waals surface area contributed by atoms with Crippen molar-refractivity contribution in [1.29, 1.82) is 0 Å². The minimum absolute atomic E-state index is 0.759. The van der Waals surface area contributed by atoms with E-state index in [1.807, 2.05) is 0 Å². The first kappa shape index (κ1) is 13.4. The van der Waals surface area contributed by atoms with Crippen LogP contribution in [-0.2, 0) is 0 Å². The summed E-state index contributed by atoms with van der Waals surface area (Å²) in [5.74, 6) is 0.929. The standard InChI is InChI=1S/C15H30N2/c1-3-9-16-14-10-13(4-2)11-17(12-14)15-7-5-6-8-15/h13-16H,3-12H2,1-2H3. The van der Waals surface area contributed by atoms with E-state index in [-0.39, 0.29) is 0 Å². The predicted octanol–water partition coefficient (Wildman–Crippen LogP) is 3.03. The normalized spacial score (nSPS) is 32.1. The van der Waals surface area contributed by atoms with Crippen molar-refractivity contribution in [3.8, 4) is 0 Å². The van der Waals surface area contributed by atoms with Gasteiger partial charge in [-0.2, -0.15) is 0 Å². The number of piperidine rings is 1. The molecule has 0 aromatic rings. The molecule has 0 aromatic carbocycles. The first-order valence-corrected chi connectivity index (χ1v) is 7.80. The molecule has 2 rings (SSSR count). The van der Waals surface area contributed by atoms with E-state index in [0.717, 1.165) is 18.0 Å². The molecule has 2 nitrogen and oxygen atoms in total. The van der Waals surface area contributed by atoms with Crippen LogP contribution < -0.4 is 5.32 Å². The van der Waals surface area contributed by atoms with E-state index in [9.17, 15) is 0 Å². The Bertz CT molecular complexity index is 211. The topological polar surface area (TPSA) is 15.3 Å². The lowest BCUT2D eigenvalue weighted by molar-refractivity contribution is 0.0974. The van der Waals surface area contributed by atoms with E-state index in [1.165, 1.54) is 64.6 Å². The molecule has 1 heterocycles. The van der Waals surface area contributed by atoms with Gasteiger partial charge in [-0.25, -0.2) is 0 Å².